The molecule has 0 aliphatic carbocycles. The van der Waals surface area contributed by atoms with Gasteiger partial charge in [0.2, 0.25) is 0 Å². The summed E-state index contributed by atoms with van der Waals surface area (Å²) in [4.78, 5) is 15.2. The van der Waals surface area contributed by atoms with Gasteiger partial charge < -0.3 is 0 Å². The third-order valence-corrected chi connectivity index (χ3v) is 6.66. The number of Topliss-reactive ketones (excluding diaryl/α,β-unsaturated/α-hetero) is 1. The van der Waals surface area contributed by atoms with Crippen LogP contribution in [0.3, 0.4) is 0 Å². The van der Waals surface area contributed by atoms with Crippen molar-refractivity contribution in [2.75, 3.05) is 13.1 Å². The standard InChI is InChI=1S/C28H30ClNO/c1-21(30-19-2-3-20-30)23-9-7-22(8-10-23)5-4-6-28(31)26-13-11-24(12-14-26)25-15-17-27(29)18-16-25/h7-18,21H,2-6,19-20H2,1H3. The molecule has 0 saturated carbocycles. The fourth-order valence-corrected chi connectivity index (χ4v) is 4.52. The molecule has 1 saturated heterocycles. The Bertz CT molecular complexity index is 987. The van der Waals surface area contributed by atoms with Gasteiger partial charge in [-0.3, -0.25) is 9.69 Å². The van der Waals surface area contributed by atoms with Gasteiger partial charge in [0, 0.05) is 23.0 Å². The van der Waals surface area contributed by atoms with Gasteiger partial charge in [0.25, 0.3) is 0 Å². The summed E-state index contributed by atoms with van der Waals surface area (Å²) >= 11 is 5.96. The summed E-state index contributed by atoms with van der Waals surface area (Å²) in [5.74, 6) is 0.210. The highest BCUT2D eigenvalue weighted by molar-refractivity contribution is 6.30. The molecule has 160 valence electrons. The summed E-state index contributed by atoms with van der Waals surface area (Å²) < 4.78 is 0. The first-order valence-electron chi connectivity index (χ1n) is 11.3. The van der Waals surface area contributed by atoms with E-state index in [9.17, 15) is 4.79 Å². The molecule has 0 N–H and O–H groups in total. The summed E-state index contributed by atoms with van der Waals surface area (Å²) in [6.45, 7) is 4.73. The zero-order valence-electron chi connectivity index (χ0n) is 18.2. The van der Waals surface area contributed by atoms with Crippen LogP contribution >= 0.6 is 11.6 Å². The highest BCUT2D eigenvalue weighted by Crippen LogP contribution is 2.25. The lowest BCUT2D eigenvalue weighted by Gasteiger charge is -2.24. The van der Waals surface area contributed by atoms with Crippen molar-refractivity contribution in [3.63, 3.8) is 0 Å². The molecule has 0 radical (unpaired) electrons. The minimum atomic E-state index is 0.210. The molecule has 0 spiro atoms. The fourth-order valence-electron chi connectivity index (χ4n) is 4.39. The first-order chi connectivity index (χ1) is 15.1. The Morgan fingerprint density at radius 1 is 0.871 bits per heavy atom. The second kappa shape index (κ2) is 10.3. The highest BCUT2D eigenvalue weighted by atomic mass is 35.5. The van der Waals surface area contributed by atoms with Crippen molar-refractivity contribution in [1.29, 1.82) is 0 Å². The van der Waals surface area contributed by atoms with Crippen LogP contribution in [0.15, 0.2) is 72.8 Å². The summed E-state index contributed by atoms with van der Waals surface area (Å²) in [5, 5.41) is 0.728. The number of carbonyl (C=O) groups excluding carboxylic acids is 1. The van der Waals surface area contributed by atoms with Crippen LogP contribution in [-0.4, -0.2) is 23.8 Å². The normalized spacial score (nSPS) is 15.2. The van der Waals surface area contributed by atoms with Gasteiger partial charge in [0.1, 0.15) is 0 Å². The van der Waals surface area contributed by atoms with Crippen molar-refractivity contribution in [2.24, 2.45) is 0 Å². The first kappa shape index (κ1) is 21.8. The Morgan fingerprint density at radius 2 is 1.45 bits per heavy atom. The third-order valence-electron chi connectivity index (χ3n) is 6.40. The van der Waals surface area contributed by atoms with Gasteiger partial charge in [-0.1, -0.05) is 72.3 Å². The zero-order valence-corrected chi connectivity index (χ0v) is 18.9. The summed E-state index contributed by atoms with van der Waals surface area (Å²) in [5.41, 5.74) is 5.68. The maximum Gasteiger partial charge on any atom is 0.162 e. The summed E-state index contributed by atoms with van der Waals surface area (Å²) in [7, 11) is 0. The lowest BCUT2D eigenvalue weighted by atomic mass is 9.98. The molecule has 3 aromatic rings. The van der Waals surface area contributed by atoms with Gasteiger partial charge in [-0.05, 0) is 80.1 Å². The average molecular weight is 432 g/mol. The van der Waals surface area contributed by atoms with Gasteiger partial charge in [-0.15, -0.1) is 0 Å². The van der Waals surface area contributed by atoms with Crippen molar-refractivity contribution in [1.82, 2.24) is 4.90 Å². The van der Waals surface area contributed by atoms with Crippen LogP contribution in [-0.2, 0) is 6.42 Å². The van der Waals surface area contributed by atoms with Gasteiger partial charge >= 0.3 is 0 Å². The molecule has 1 aliphatic heterocycles. The van der Waals surface area contributed by atoms with Crippen molar-refractivity contribution < 1.29 is 4.79 Å². The van der Waals surface area contributed by atoms with Crippen molar-refractivity contribution in [3.05, 3.63) is 94.5 Å². The molecular weight excluding hydrogens is 402 g/mol. The fraction of sp³-hybridized carbons (Fsp3) is 0.321. The van der Waals surface area contributed by atoms with Crippen LogP contribution in [0, 0.1) is 0 Å². The molecule has 0 amide bonds. The van der Waals surface area contributed by atoms with Gasteiger partial charge in [-0.2, -0.15) is 0 Å². The van der Waals surface area contributed by atoms with Crippen LogP contribution in [0.1, 0.15) is 60.1 Å². The number of hydrogen-bond donors (Lipinski definition) is 0. The van der Waals surface area contributed by atoms with Crippen LogP contribution in [0.5, 0.6) is 0 Å². The lowest BCUT2D eigenvalue weighted by molar-refractivity contribution is 0.0980. The third kappa shape index (κ3) is 5.64. The predicted molar refractivity (Wildman–Crippen MR) is 130 cm³/mol. The van der Waals surface area contributed by atoms with Crippen LogP contribution in [0.25, 0.3) is 11.1 Å². The molecule has 1 unspecified atom stereocenters. The molecule has 1 heterocycles. The molecule has 3 aromatic carbocycles. The largest absolute Gasteiger partial charge is 0.297 e. The number of likely N-dealkylation sites (tertiary alicyclic amines) is 1. The maximum absolute atomic E-state index is 12.6. The molecule has 0 bridgehead atoms. The number of benzene rings is 3. The Balaban J connectivity index is 1.27. The number of aryl methyl sites for hydroxylation is 1. The average Bonchev–Trinajstić information content (AvgIpc) is 3.35. The Labute approximate surface area is 190 Å². The van der Waals surface area contributed by atoms with Crippen LogP contribution in [0.4, 0.5) is 0 Å². The van der Waals surface area contributed by atoms with E-state index in [-0.39, 0.29) is 5.78 Å². The minimum absolute atomic E-state index is 0.210. The number of rotatable bonds is 8. The lowest BCUT2D eigenvalue weighted by Crippen LogP contribution is -2.23. The number of ketones is 1. The van der Waals surface area contributed by atoms with E-state index in [1.807, 2.05) is 48.5 Å². The molecule has 3 heteroatoms. The van der Waals surface area contributed by atoms with E-state index in [2.05, 4.69) is 36.1 Å². The topological polar surface area (TPSA) is 20.3 Å². The zero-order chi connectivity index (χ0) is 21.6. The van der Waals surface area contributed by atoms with Crippen molar-refractivity contribution >= 4 is 17.4 Å². The summed E-state index contributed by atoms with van der Waals surface area (Å²) in [6.07, 6.45) is 5.03. The maximum atomic E-state index is 12.6. The molecule has 31 heavy (non-hydrogen) atoms. The van der Waals surface area contributed by atoms with E-state index in [0.717, 1.165) is 34.6 Å². The van der Waals surface area contributed by atoms with E-state index < -0.39 is 0 Å². The van der Waals surface area contributed by atoms with Gasteiger partial charge in [0.05, 0.1) is 0 Å². The number of hydrogen-bond acceptors (Lipinski definition) is 2. The van der Waals surface area contributed by atoms with E-state index in [0.29, 0.717) is 12.5 Å². The van der Waals surface area contributed by atoms with E-state index >= 15 is 0 Å². The van der Waals surface area contributed by atoms with E-state index in [4.69, 9.17) is 11.6 Å². The smallest absolute Gasteiger partial charge is 0.162 e. The second-order valence-corrected chi connectivity index (χ2v) is 8.96. The van der Waals surface area contributed by atoms with E-state index in [1.165, 1.54) is 37.1 Å². The molecule has 0 aromatic heterocycles. The molecule has 1 aliphatic rings. The SMILES string of the molecule is CC(c1ccc(CCCC(=O)c2ccc(-c3ccc(Cl)cc3)cc2)cc1)N1CCCC1. The highest BCUT2D eigenvalue weighted by Gasteiger charge is 2.19. The number of carbonyl (C=O) groups is 1. The van der Waals surface area contributed by atoms with Crippen molar-refractivity contribution in [2.45, 2.75) is 45.1 Å². The Hall–Kier alpha value is -2.42. The number of halogens is 1. The number of nitrogens with zero attached hydrogens (tertiary/aromatic N) is 1. The monoisotopic (exact) mass is 431 g/mol. The second-order valence-electron chi connectivity index (χ2n) is 8.52. The molecule has 1 atom stereocenters. The minimum Gasteiger partial charge on any atom is -0.297 e. The Kier molecular flexibility index (Phi) is 7.21. The molecular formula is C28H30ClNO. The van der Waals surface area contributed by atoms with E-state index in [1.54, 1.807) is 0 Å². The molecule has 2 nitrogen and oxygen atoms in total. The van der Waals surface area contributed by atoms with Crippen LogP contribution in [0.2, 0.25) is 5.02 Å². The molecule has 1 fully saturated rings. The predicted octanol–water partition coefficient (Wildman–Crippen LogP) is 7.37. The van der Waals surface area contributed by atoms with Gasteiger partial charge in [0.15, 0.2) is 5.78 Å². The summed E-state index contributed by atoms with van der Waals surface area (Å²) in [6, 6.07) is 25.1. The van der Waals surface area contributed by atoms with Crippen molar-refractivity contribution in [3.8, 4) is 11.1 Å². The first-order valence-corrected chi connectivity index (χ1v) is 11.7. The quantitative estimate of drug-likeness (QED) is 0.347. The molecule has 4 rings (SSSR count). The Morgan fingerprint density at radius 3 is 2.06 bits per heavy atom. The van der Waals surface area contributed by atoms with Gasteiger partial charge in [-0.25, -0.2) is 0 Å². The van der Waals surface area contributed by atoms with Crippen LogP contribution < -0.4 is 0 Å².